The van der Waals surface area contributed by atoms with Crippen LogP contribution in [0.3, 0.4) is 0 Å². The SMILES string of the molecule is C=CCN(C(=O)OCC1c2ccccc2-c2ccccc21)[C@H](CC(=O)OCc1ccccc1)[C@H](OCc1ccccc1)[C@@H](OCc1ccccc1)[C@H](OCc1ccccc1)C(=O)CO[Si](c1ccccc1)(c1ccccc1)C(C)(C)C. The summed E-state index contributed by atoms with van der Waals surface area (Å²) in [5.41, 5.74) is 7.43. The fourth-order valence-corrected chi connectivity index (χ4v) is 15.5. The second-order valence-electron chi connectivity index (χ2n) is 21.3. The number of hydrogen-bond donors (Lipinski definition) is 0. The molecule has 0 bridgehead atoms. The highest BCUT2D eigenvalue weighted by Crippen LogP contribution is 2.45. The number of Topliss-reactive ketones (excluding diaryl/α,β-unsaturated/α-hetero) is 1. The Morgan fingerprint density at radius 2 is 0.926 bits per heavy atom. The van der Waals surface area contributed by atoms with Gasteiger partial charge in [-0.05, 0) is 59.9 Å². The molecule has 0 unspecified atom stereocenters. The highest BCUT2D eigenvalue weighted by Gasteiger charge is 2.52. The van der Waals surface area contributed by atoms with Crippen molar-refractivity contribution in [1.82, 2.24) is 4.90 Å². The van der Waals surface area contributed by atoms with Crippen LogP contribution in [0, 0.1) is 0 Å². The van der Waals surface area contributed by atoms with Crippen LogP contribution < -0.4 is 10.4 Å². The van der Waals surface area contributed by atoms with Crippen LogP contribution in [0.5, 0.6) is 0 Å². The average molecular weight is 1100 g/mol. The third kappa shape index (κ3) is 14.3. The van der Waals surface area contributed by atoms with E-state index in [2.05, 4.69) is 75.9 Å². The van der Waals surface area contributed by atoms with Crippen LogP contribution in [0.4, 0.5) is 4.79 Å². The summed E-state index contributed by atoms with van der Waals surface area (Å²) in [4.78, 5) is 47.6. The average Bonchev–Trinajstić information content (AvgIpc) is 3.87. The molecular formula is C70H71NO9Si. The molecule has 9 rings (SSSR count). The van der Waals surface area contributed by atoms with Crippen molar-refractivity contribution < 1.29 is 42.5 Å². The van der Waals surface area contributed by atoms with Crippen molar-refractivity contribution in [1.29, 1.82) is 0 Å². The van der Waals surface area contributed by atoms with E-state index in [1.54, 1.807) is 6.08 Å². The van der Waals surface area contributed by atoms with Gasteiger partial charge < -0.3 is 28.1 Å². The fourth-order valence-electron chi connectivity index (χ4n) is 11.0. The van der Waals surface area contributed by atoms with E-state index in [1.807, 2.05) is 182 Å². The van der Waals surface area contributed by atoms with Crippen LogP contribution in [0.1, 0.15) is 66.5 Å². The van der Waals surface area contributed by atoms with E-state index in [1.165, 1.54) is 4.90 Å². The minimum absolute atomic E-state index is 0.000401. The first-order valence-electron chi connectivity index (χ1n) is 27.7. The fraction of sp³-hybridized carbons (Fsp3) is 0.243. The number of nitrogens with zero attached hydrogens (tertiary/aromatic N) is 1. The first kappa shape index (κ1) is 57.6. The maximum Gasteiger partial charge on any atom is 0.410 e. The molecule has 0 radical (unpaired) electrons. The molecule has 8 aromatic rings. The van der Waals surface area contributed by atoms with Crippen LogP contribution in [0.25, 0.3) is 11.1 Å². The van der Waals surface area contributed by atoms with Gasteiger partial charge in [-0.1, -0.05) is 257 Å². The molecular weight excluding hydrogens is 1030 g/mol. The van der Waals surface area contributed by atoms with E-state index in [0.717, 1.165) is 54.9 Å². The Morgan fingerprint density at radius 1 is 0.519 bits per heavy atom. The van der Waals surface area contributed by atoms with Gasteiger partial charge in [-0.15, -0.1) is 6.58 Å². The van der Waals surface area contributed by atoms with Crippen LogP contribution in [0.15, 0.2) is 243 Å². The zero-order chi connectivity index (χ0) is 56.4. The molecule has 0 aliphatic heterocycles. The number of esters is 1. The van der Waals surface area contributed by atoms with E-state index in [0.29, 0.717) is 0 Å². The van der Waals surface area contributed by atoms with Crippen molar-refractivity contribution in [2.75, 3.05) is 19.8 Å². The summed E-state index contributed by atoms with van der Waals surface area (Å²) in [6.45, 7) is 10.1. The Balaban J connectivity index is 1.17. The molecule has 0 N–H and O–H groups in total. The molecule has 0 spiro atoms. The highest BCUT2D eigenvalue weighted by molar-refractivity contribution is 6.99. The smallest absolute Gasteiger partial charge is 0.410 e. The highest BCUT2D eigenvalue weighted by atomic mass is 28.4. The number of carbonyl (C=O) groups excluding carboxylic acids is 3. The van der Waals surface area contributed by atoms with Gasteiger partial charge >= 0.3 is 12.1 Å². The number of ether oxygens (including phenoxy) is 5. The van der Waals surface area contributed by atoms with Gasteiger partial charge in [-0.3, -0.25) is 14.5 Å². The largest absolute Gasteiger partial charge is 0.461 e. The van der Waals surface area contributed by atoms with Gasteiger partial charge in [0.05, 0.1) is 38.9 Å². The zero-order valence-corrected chi connectivity index (χ0v) is 47.4. The molecule has 1 aliphatic rings. The van der Waals surface area contributed by atoms with Gasteiger partial charge in [0.15, 0.2) is 5.78 Å². The Kier molecular flexibility index (Phi) is 19.9. The van der Waals surface area contributed by atoms with E-state index in [9.17, 15) is 4.79 Å². The Bertz CT molecular complexity index is 3180. The number of fused-ring (bicyclic) bond motifs is 3. The number of benzene rings is 8. The van der Waals surface area contributed by atoms with Crippen molar-refractivity contribution >= 4 is 36.5 Å². The molecule has 11 heteroatoms. The third-order valence-corrected chi connectivity index (χ3v) is 19.9. The molecule has 414 valence electrons. The van der Waals surface area contributed by atoms with Crippen LogP contribution >= 0.6 is 0 Å². The lowest BCUT2D eigenvalue weighted by molar-refractivity contribution is -0.180. The number of ketones is 1. The van der Waals surface area contributed by atoms with Gasteiger partial charge in [0.2, 0.25) is 0 Å². The zero-order valence-electron chi connectivity index (χ0n) is 46.4. The molecule has 10 nitrogen and oxygen atoms in total. The van der Waals surface area contributed by atoms with Crippen molar-refractivity contribution in [3.63, 3.8) is 0 Å². The Morgan fingerprint density at radius 3 is 1.38 bits per heavy atom. The second kappa shape index (κ2) is 27.9. The van der Waals surface area contributed by atoms with Crippen molar-refractivity contribution in [2.24, 2.45) is 0 Å². The molecule has 0 saturated heterocycles. The predicted octanol–water partition coefficient (Wildman–Crippen LogP) is 12.8. The maximum absolute atomic E-state index is 16.0. The van der Waals surface area contributed by atoms with Crippen molar-refractivity contribution in [3.8, 4) is 11.1 Å². The molecule has 4 atom stereocenters. The molecule has 0 heterocycles. The quantitative estimate of drug-likeness (QED) is 0.0282. The third-order valence-electron chi connectivity index (χ3n) is 14.9. The van der Waals surface area contributed by atoms with Gasteiger partial charge in [0.1, 0.15) is 31.5 Å². The normalized spacial score (nSPS) is 13.7. The summed E-state index contributed by atoms with van der Waals surface area (Å²) in [7, 11) is -3.32. The molecule has 0 aromatic heterocycles. The first-order valence-corrected chi connectivity index (χ1v) is 29.6. The van der Waals surface area contributed by atoms with Crippen molar-refractivity contribution in [3.05, 3.63) is 277 Å². The maximum atomic E-state index is 16.0. The van der Waals surface area contributed by atoms with Crippen molar-refractivity contribution in [2.45, 2.75) is 88.9 Å². The summed E-state index contributed by atoms with van der Waals surface area (Å²) in [6, 6.07) is 73.6. The number of amides is 1. The van der Waals surface area contributed by atoms with Gasteiger partial charge in [0, 0.05) is 12.5 Å². The van der Waals surface area contributed by atoms with Gasteiger partial charge in [-0.2, -0.15) is 0 Å². The van der Waals surface area contributed by atoms with E-state index in [-0.39, 0.29) is 52.1 Å². The number of hydrogen-bond acceptors (Lipinski definition) is 9. The predicted molar refractivity (Wildman–Crippen MR) is 320 cm³/mol. The first-order chi connectivity index (χ1) is 39.5. The van der Waals surface area contributed by atoms with Crippen LogP contribution in [-0.2, 0) is 64.1 Å². The second-order valence-corrected chi connectivity index (χ2v) is 25.6. The van der Waals surface area contributed by atoms with E-state index >= 15 is 9.59 Å². The summed E-state index contributed by atoms with van der Waals surface area (Å²) in [5, 5.41) is 1.52. The van der Waals surface area contributed by atoms with Crippen LogP contribution in [0.2, 0.25) is 5.04 Å². The molecule has 0 fully saturated rings. The van der Waals surface area contributed by atoms with E-state index < -0.39 is 62.0 Å². The summed E-state index contributed by atoms with van der Waals surface area (Å²) in [5.74, 6) is -1.31. The standard InChI is InChI=1S/C70H71NO9Si/c1-5-44-71(69(74)79-50-62-60-42-26-24-40-58(60)59-41-25-27-43-61(59)62)63(45-65(73)75-46-52-28-12-6-13-29-52)66(76-47-53-30-14-7-15-31-53)68(78-49-55-34-18-9-19-35-55)67(77-48-54-32-16-8-17-33-54)64(72)51-80-81(70(2,3)4,56-36-20-10-21-37-56)57-38-22-11-23-39-57/h5-43,62-63,66-68H,1,44-51H2,2-4H3/t63-,66+,67-,68-/m1/s1. The Hall–Kier alpha value is -8.03. The molecule has 1 aliphatic carbocycles. The monoisotopic (exact) mass is 1100 g/mol. The molecule has 81 heavy (non-hydrogen) atoms. The summed E-state index contributed by atoms with van der Waals surface area (Å²) < 4.78 is 41.2. The minimum Gasteiger partial charge on any atom is -0.461 e. The summed E-state index contributed by atoms with van der Waals surface area (Å²) in [6.07, 6.45) is -3.54. The number of carbonyl (C=O) groups is 3. The van der Waals surface area contributed by atoms with Gasteiger partial charge in [0.25, 0.3) is 8.32 Å². The topological polar surface area (TPSA) is 110 Å². The summed E-state index contributed by atoms with van der Waals surface area (Å²) >= 11 is 0. The lowest BCUT2D eigenvalue weighted by Crippen LogP contribution is -2.67. The number of rotatable bonds is 27. The molecule has 0 saturated carbocycles. The molecule has 8 aromatic carbocycles. The molecule has 1 amide bonds. The lowest BCUT2D eigenvalue weighted by atomic mass is 9.94. The Labute approximate surface area is 478 Å². The van der Waals surface area contributed by atoms with Crippen LogP contribution in [-0.4, -0.2) is 75.2 Å². The lowest BCUT2D eigenvalue weighted by Gasteiger charge is -2.43. The minimum atomic E-state index is -3.32. The van der Waals surface area contributed by atoms with Gasteiger partial charge in [-0.25, -0.2) is 4.79 Å². The van der Waals surface area contributed by atoms with E-state index in [4.69, 9.17) is 28.1 Å².